The average Bonchev–Trinajstić information content (AvgIpc) is 2.33. The number of carboxylic acids is 1. The molecule has 0 unspecified atom stereocenters. The second-order valence-electron chi connectivity index (χ2n) is 2.67. The minimum atomic E-state index is -0.951. The fourth-order valence-electron chi connectivity index (χ4n) is 0.844. The Morgan fingerprint density at radius 2 is 2.42 bits per heavy atom. The Morgan fingerprint density at radius 3 is 2.92 bits per heavy atom. The largest absolute Gasteiger partial charge is 0.476 e. The molecule has 0 atom stereocenters. The SMILES string of the molecule is CN(C)Cc1scnc1C(=O)O. The molecule has 4 nitrogen and oxygen atoms in total. The lowest BCUT2D eigenvalue weighted by atomic mass is 10.3. The van der Waals surface area contributed by atoms with Crippen molar-refractivity contribution in [1.29, 1.82) is 0 Å². The third-order valence-corrected chi connectivity index (χ3v) is 2.12. The van der Waals surface area contributed by atoms with Gasteiger partial charge < -0.3 is 10.0 Å². The van der Waals surface area contributed by atoms with Crippen molar-refractivity contribution in [2.45, 2.75) is 6.54 Å². The first-order valence-electron chi connectivity index (χ1n) is 3.41. The lowest BCUT2D eigenvalue weighted by molar-refractivity contribution is 0.0689. The molecule has 1 aromatic rings. The van der Waals surface area contributed by atoms with E-state index in [4.69, 9.17) is 5.11 Å². The van der Waals surface area contributed by atoms with Gasteiger partial charge in [0, 0.05) is 6.54 Å². The first-order valence-corrected chi connectivity index (χ1v) is 4.29. The second-order valence-corrected chi connectivity index (χ2v) is 3.61. The molecule has 0 saturated heterocycles. The van der Waals surface area contributed by atoms with Crippen LogP contribution in [0.15, 0.2) is 5.51 Å². The Kier molecular flexibility index (Phi) is 2.78. The van der Waals surface area contributed by atoms with Gasteiger partial charge >= 0.3 is 5.97 Å². The molecule has 1 aromatic heterocycles. The predicted molar refractivity (Wildman–Crippen MR) is 46.5 cm³/mol. The van der Waals surface area contributed by atoms with Crippen molar-refractivity contribution < 1.29 is 9.90 Å². The second kappa shape index (κ2) is 3.64. The van der Waals surface area contributed by atoms with Crippen molar-refractivity contribution in [1.82, 2.24) is 9.88 Å². The van der Waals surface area contributed by atoms with E-state index in [-0.39, 0.29) is 5.69 Å². The van der Waals surface area contributed by atoms with Crippen molar-refractivity contribution in [3.8, 4) is 0 Å². The van der Waals surface area contributed by atoms with Crippen LogP contribution in [0.3, 0.4) is 0 Å². The van der Waals surface area contributed by atoms with Crippen molar-refractivity contribution in [3.05, 3.63) is 16.1 Å². The van der Waals surface area contributed by atoms with Crippen LogP contribution in [0.5, 0.6) is 0 Å². The summed E-state index contributed by atoms with van der Waals surface area (Å²) in [6.45, 7) is 0.631. The average molecular weight is 186 g/mol. The highest BCUT2D eigenvalue weighted by molar-refractivity contribution is 7.09. The van der Waals surface area contributed by atoms with Crippen LogP contribution in [0.25, 0.3) is 0 Å². The van der Waals surface area contributed by atoms with E-state index in [1.54, 1.807) is 5.51 Å². The fourth-order valence-corrected chi connectivity index (χ4v) is 1.71. The molecule has 12 heavy (non-hydrogen) atoms. The summed E-state index contributed by atoms with van der Waals surface area (Å²) in [5.41, 5.74) is 1.73. The molecule has 0 aliphatic carbocycles. The van der Waals surface area contributed by atoms with Crippen molar-refractivity contribution >= 4 is 17.3 Å². The van der Waals surface area contributed by atoms with Crippen LogP contribution >= 0.6 is 11.3 Å². The van der Waals surface area contributed by atoms with Gasteiger partial charge in [-0.25, -0.2) is 9.78 Å². The molecule has 66 valence electrons. The molecule has 0 aliphatic rings. The number of nitrogens with zero attached hydrogens (tertiary/aromatic N) is 2. The van der Waals surface area contributed by atoms with Gasteiger partial charge in [-0.1, -0.05) is 0 Å². The molecular formula is C7H10N2O2S. The van der Waals surface area contributed by atoms with E-state index in [2.05, 4.69) is 4.98 Å². The van der Waals surface area contributed by atoms with Crippen LogP contribution in [0.2, 0.25) is 0 Å². The highest BCUT2D eigenvalue weighted by Gasteiger charge is 2.13. The fraction of sp³-hybridized carbons (Fsp3) is 0.429. The molecule has 5 heteroatoms. The van der Waals surface area contributed by atoms with E-state index in [0.717, 1.165) is 4.88 Å². The number of aromatic nitrogens is 1. The smallest absolute Gasteiger partial charge is 0.355 e. The van der Waals surface area contributed by atoms with Crippen LogP contribution in [-0.2, 0) is 6.54 Å². The molecule has 1 rings (SSSR count). The Morgan fingerprint density at radius 1 is 1.75 bits per heavy atom. The molecule has 0 aliphatic heterocycles. The van der Waals surface area contributed by atoms with Gasteiger partial charge in [0.15, 0.2) is 5.69 Å². The highest BCUT2D eigenvalue weighted by atomic mass is 32.1. The number of thiazole rings is 1. The number of hydrogen-bond acceptors (Lipinski definition) is 4. The van der Waals surface area contributed by atoms with E-state index in [1.807, 2.05) is 19.0 Å². The van der Waals surface area contributed by atoms with E-state index in [9.17, 15) is 4.79 Å². The summed E-state index contributed by atoms with van der Waals surface area (Å²) < 4.78 is 0. The summed E-state index contributed by atoms with van der Waals surface area (Å²) in [5, 5.41) is 8.69. The lowest BCUT2D eigenvalue weighted by Gasteiger charge is -2.06. The maximum atomic E-state index is 10.6. The summed E-state index contributed by atoms with van der Waals surface area (Å²) in [7, 11) is 3.79. The molecular weight excluding hydrogens is 176 g/mol. The molecule has 0 fully saturated rings. The Hall–Kier alpha value is -0.940. The van der Waals surface area contributed by atoms with Crippen LogP contribution in [0, 0.1) is 0 Å². The molecule has 0 amide bonds. The zero-order valence-corrected chi connectivity index (χ0v) is 7.76. The zero-order chi connectivity index (χ0) is 9.14. The Bertz CT molecular complexity index is 283. The van der Waals surface area contributed by atoms with E-state index in [0.29, 0.717) is 6.54 Å². The Balaban J connectivity index is 2.84. The third-order valence-electron chi connectivity index (χ3n) is 1.30. The first-order chi connectivity index (χ1) is 5.61. The van der Waals surface area contributed by atoms with Gasteiger partial charge in [-0.05, 0) is 14.1 Å². The van der Waals surface area contributed by atoms with Gasteiger partial charge in [-0.15, -0.1) is 11.3 Å². The molecule has 0 radical (unpaired) electrons. The lowest BCUT2D eigenvalue weighted by Crippen LogP contribution is -2.12. The molecule has 0 bridgehead atoms. The summed E-state index contributed by atoms with van der Waals surface area (Å²) in [6.07, 6.45) is 0. The van der Waals surface area contributed by atoms with Crippen molar-refractivity contribution in [2.75, 3.05) is 14.1 Å². The topological polar surface area (TPSA) is 53.4 Å². The maximum Gasteiger partial charge on any atom is 0.355 e. The minimum Gasteiger partial charge on any atom is -0.476 e. The summed E-state index contributed by atoms with van der Waals surface area (Å²) in [6, 6.07) is 0. The van der Waals surface area contributed by atoms with Gasteiger partial charge in [-0.2, -0.15) is 0 Å². The number of rotatable bonds is 3. The number of carbonyl (C=O) groups is 1. The summed E-state index contributed by atoms with van der Waals surface area (Å²) >= 11 is 1.37. The molecule has 0 saturated carbocycles. The van der Waals surface area contributed by atoms with Crippen LogP contribution in [-0.4, -0.2) is 35.1 Å². The highest BCUT2D eigenvalue weighted by Crippen LogP contribution is 2.14. The van der Waals surface area contributed by atoms with Crippen LogP contribution in [0.4, 0.5) is 0 Å². The summed E-state index contributed by atoms with van der Waals surface area (Å²) in [4.78, 5) is 17.1. The normalized spacial score (nSPS) is 10.6. The van der Waals surface area contributed by atoms with Gasteiger partial charge in [0.2, 0.25) is 0 Å². The standard InChI is InChI=1S/C7H10N2O2S/c1-9(2)3-5-6(7(10)11)8-4-12-5/h4H,3H2,1-2H3,(H,10,11). The van der Waals surface area contributed by atoms with Gasteiger partial charge in [0.25, 0.3) is 0 Å². The maximum absolute atomic E-state index is 10.6. The Labute approximate surface area is 74.5 Å². The molecule has 1 heterocycles. The van der Waals surface area contributed by atoms with Crippen molar-refractivity contribution in [2.24, 2.45) is 0 Å². The number of carboxylic acid groups (broad SMARTS) is 1. The van der Waals surface area contributed by atoms with E-state index < -0.39 is 5.97 Å². The predicted octanol–water partition coefficient (Wildman–Crippen LogP) is 0.903. The number of hydrogen-bond donors (Lipinski definition) is 1. The van der Waals surface area contributed by atoms with Gasteiger partial charge in [0.05, 0.1) is 10.4 Å². The van der Waals surface area contributed by atoms with Crippen LogP contribution < -0.4 is 0 Å². The molecule has 0 spiro atoms. The molecule has 1 N–H and O–H groups in total. The van der Waals surface area contributed by atoms with E-state index in [1.165, 1.54) is 11.3 Å². The first kappa shape index (κ1) is 9.15. The van der Waals surface area contributed by atoms with Gasteiger partial charge in [-0.3, -0.25) is 0 Å². The molecule has 0 aromatic carbocycles. The minimum absolute atomic E-state index is 0.175. The summed E-state index contributed by atoms with van der Waals surface area (Å²) in [5.74, 6) is -0.951. The van der Waals surface area contributed by atoms with Crippen LogP contribution in [0.1, 0.15) is 15.4 Å². The number of aromatic carboxylic acids is 1. The third kappa shape index (κ3) is 2.02. The van der Waals surface area contributed by atoms with Gasteiger partial charge in [0.1, 0.15) is 0 Å². The van der Waals surface area contributed by atoms with E-state index >= 15 is 0 Å². The quantitative estimate of drug-likeness (QED) is 0.762. The monoisotopic (exact) mass is 186 g/mol. The van der Waals surface area contributed by atoms with Crippen molar-refractivity contribution in [3.63, 3.8) is 0 Å². The zero-order valence-electron chi connectivity index (χ0n) is 6.94.